The molecule has 0 N–H and O–H groups in total. The van der Waals surface area contributed by atoms with E-state index in [1.165, 1.54) is 90.3 Å². The molecule has 0 saturated heterocycles. The molecule has 4 atom stereocenters. The van der Waals surface area contributed by atoms with Crippen molar-refractivity contribution in [2.45, 2.75) is 130 Å². The molecule has 1 nitrogen and oxygen atoms in total. The molecular formula is C30H56Cl2NTi. The van der Waals surface area contributed by atoms with E-state index >= 15 is 0 Å². The van der Waals surface area contributed by atoms with Crippen LogP contribution in [0.3, 0.4) is 0 Å². The van der Waals surface area contributed by atoms with E-state index in [0.29, 0.717) is 17.8 Å². The van der Waals surface area contributed by atoms with Crippen molar-refractivity contribution in [3.05, 3.63) is 22.8 Å². The maximum atomic E-state index is 2.79. The summed E-state index contributed by atoms with van der Waals surface area (Å²) in [5, 5.41) is 0. The molecule has 1 aliphatic rings. The predicted molar refractivity (Wildman–Crippen MR) is 141 cm³/mol. The molecule has 199 valence electrons. The first-order valence-corrected chi connectivity index (χ1v) is 15.0. The third-order valence-corrected chi connectivity index (χ3v) is 9.01. The summed E-state index contributed by atoms with van der Waals surface area (Å²) >= 11 is 2.63. The average molecular weight is 550 g/mol. The van der Waals surface area contributed by atoms with Crippen LogP contribution in [0.4, 0.5) is 0 Å². The van der Waals surface area contributed by atoms with Gasteiger partial charge in [0.15, 0.2) is 0 Å². The summed E-state index contributed by atoms with van der Waals surface area (Å²) in [6.45, 7) is 23.1. The number of halogens is 2. The molecular weight excluding hydrogens is 493 g/mol. The average Bonchev–Trinajstić information content (AvgIpc) is 3.07. The van der Waals surface area contributed by atoms with Gasteiger partial charge in [-0.05, 0) is 0 Å². The smallest absolute Gasteiger partial charge is 1.00 e. The van der Waals surface area contributed by atoms with E-state index in [4.69, 9.17) is 0 Å². The summed E-state index contributed by atoms with van der Waals surface area (Å²) in [5.74, 6) is 2.08. The summed E-state index contributed by atoms with van der Waals surface area (Å²) < 4.78 is 0.247. The molecule has 0 spiro atoms. The van der Waals surface area contributed by atoms with Crippen LogP contribution in [0.25, 0.3) is 0 Å². The fourth-order valence-electron chi connectivity index (χ4n) is 5.90. The van der Waals surface area contributed by atoms with Crippen molar-refractivity contribution >= 4 is 0 Å². The monoisotopic (exact) mass is 548 g/mol. The van der Waals surface area contributed by atoms with Crippen LogP contribution in [-0.4, -0.2) is 24.5 Å². The summed E-state index contributed by atoms with van der Waals surface area (Å²) in [6.07, 6.45) is 17.1. The molecule has 0 aliphatic heterocycles. The molecule has 1 rings (SSSR count). The van der Waals surface area contributed by atoms with E-state index in [0.717, 1.165) is 0 Å². The standard InChI is InChI=1S/C30H56N.2ClH.Ti/c1-9-14-20-31(21-15-10-2)22-19-27-28(24(6)16-11-3)23-29(25(7)17-12-4)30(27)26(8)18-13-5;;;/h23-26H,9-22H2,1-8H3;2*1H;/q;;;+2/p-2. The van der Waals surface area contributed by atoms with Crippen LogP contribution in [0.1, 0.15) is 126 Å². The van der Waals surface area contributed by atoms with Crippen LogP contribution in [0, 0.1) is 17.8 Å². The third kappa shape index (κ3) is 10.6. The fraction of sp³-hybridized carbons (Fsp3) is 0.867. The van der Waals surface area contributed by atoms with Crippen molar-refractivity contribution in [1.29, 1.82) is 0 Å². The first-order valence-electron chi connectivity index (χ1n) is 14.2. The Balaban J connectivity index is 0. The Labute approximate surface area is 239 Å². The number of rotatable bonds is 18. The SMILES string of the molecule is CCCCN(CCCC)CC[C]1([Ti+2])C(C(C)CCC)=CC(C(C)CCC)=C1C(C)CCC.[Cl-].[Cl-]. The molecule has 0 saturated carbocycles. The normalized spacial score (nSPS) is 20.6. The molecule has 4 unspecified atom stereocenters. The van der Waals surface area contributed by atoms with E-state index in [1.54, 1.807) is 11.1 Å². The van der Waals surface area contributed by atoms with Crippen LogP contribution in [-0.2, 0) is 20.4 Å². The largest absolute Gasteiger partial charge is 1.00 e. The second-order valence-electron chi connectivity index (χ2n) is 10.7. The van der Waals surface area contributed by atoms with Gasteiger partial charge in [-0.25, -0.2) is 0 Å². The van der Waals surface area contributed by atoms with Crippen molar-refractivity contribution in [3.8, 4) is 0 Å². The van der Waals surface area contributed by atoms with Crippen molar-refractivity contribution in [1.82, 2.24) is 4.90 Å². The van der Waals surface area contributed by atoms with E-state index in [2.05, 4.69) is 86.8 Å². The summed E-state index contributed by atoms with van der Waals surface area (Å²) in [5.41, 5.74) is 5.31. The zero-order valence-electron chi connectivity index (χ0n) is 23.9. The molecule has 0 aromatic heterocycles. The zero-order chi connectivity index (χ0) is 24.1. The van der Waals surface area contributed by atoms with Gasteiger partial charge in [0, 0.05) is 0 Å². The maximum Gasteiger partial charge on any atom is -1.00 e. The Bertz CT molecular complexity index is 580. The Hall–Kier alpha value is 0.734. The van der Waals surface area contributed by atoms with E-state index < -0.39 is 0 Å². The van der Waals surface area contributed by atoms with Crippen molar-refractivity contribution < 1.29 is 45.2 Å². The van der Waals surface area contributed by atoms with Crippen molar-refractivity contribution in [2.24, 2.45) is 17.8 Å². The number of hydrogen-bond acceptors (Lipinski definition) is 1. The van der Waals surface area contributed by atoms with Gasteiger partial charge in [-0.3, -0.25) is 0 Å². The van der Waals surface area contributed by atoms with Crippen molar-refractivity contribution in [3.63, 3.8) is 0 Å². The Morgan fingerprint density at radius 3 is 1.65 bits per heavy atom. The molecule has 0 heterocycles. The summed E-state index contributed by atoms with van der Waals surface area (Å²) in [4.78, 5) is 2.79. The molecule has 0 aromatic rings. The number of nitrogens with zero attached hydrogens (tertiary/aromatic N) is 1. The molecule has 0 radical (unpaired) electrons. The predicted octanol–water partition coefficient (Wildman–Crippen LogP) is 3.54. The molecule has 0 fully saturated rings. The van der Waals surface area contributed by atoms with Gasteiger partial charge < -0.3 is 24.8 Å². The molecule has 0 bridgehead atoms. The van der Waals surface area contributed by atoms with E-state index in [1.807, 2.05) is 5.57 Å². The third-order valence-electron chi connectivity index (χ3n) is 7.75. The van der Waals surface area contributed by atoms with Crippen LogP contribution in [0.2, 0.25) is 3.72 Å². The Morgan fingerprint density at radius 2 is 1.18 bits per heavy atom. The summed E-state index contributed by atoms with van der Waals surface area (Å²) in [6, 6.07) is 0. The maximum absolute atomic E-state index is 2.79. The number of unbranched alkanes of at least 4 members (excludes halogenated alkanes) is 2. The van der Waals surface area contributed by atoms with Gasteiger partial charge >= 0.3 is 215 Å². The molecule has 34 heavy (non-hydrogen) atoms. The van der Waals surface area contributed by atoms with Crippen LogP contribution in [0.15, 0.2) is 22.8 Å². The first-order chi connectivity index (χ1) is 15.3. The van der Waals surface area contributed by atoms with Gasteiger partial charge in [0.2, 0.25) is 0 Å². The fourth-order valence-corrected chi connectivity index (χ4v) is 7.19. The summed E-state index contributed by atoms with van der Waals surface area (Å²) in [7, 11) is 0. The van der Waals surface area contributed by atoms with Crippen molar-refractivity contribution in [2.75, 3.05) is 19.6 Å². The Morgan fingerprint density at radius 1 is 0.706 bits per heavy atom. The second-order valence-corrected chi connectivity index (χ2v) is 12.1. The van der Waals surface area contributed by atoms with Crippen LogP contribution < -0.4 is 24.8 Å². The number of allylic oxidation sites excluding steroid dienone is 4. The van der Waals surface area contributed by atoms with E-state index in [9.17, 15) is 0 Å². The molecule has 4 heteroatoms. The van der Waals surface area contributed by atoms with Gasteiger partial charge in [-0.15, -0.1) is 0 Å². The minimum atomic E-state index is 0. The van der Waals surface area contributed by atoms with Gasteiger partial charge in [0.05, 0.1) is 0 Å². The topological polar surface area (TPSA) is 3.24 Å². The van der Waals surface area contributed by atoms with Crippen LogP contribution in [0.5, 0.6) is 0 Å². The van der Waals surface area contributed by atoms with Gasteiger partial charge in [0.25, 0.3) is 0 Å². The molecule has 1 aliphatic carbocycles. The second kappa shape index (κ2) is 19.8. The van der Waals surface area contributed by atoms with Gasteiger partial charge in [-0.1, -0.05) is 0 Å². The van der Waals surface area contributed by atoms with Gasteiger partial charge in [-0.2, -0.15) is 0 Å². The van der Waals surface area contributed by atoms with Crippen LogP contribution >= 0.6 is 0 Å². The zero-order valence-corrected chi connectivity index (χ0v) is 27.0. The number of hydrogen-bond donors (Lipinski definition) is 0. The molecule has 0 amide bonds. The van der Waals surface area contributed by atoms with Gasteiger partial charge in [0.1, 0.15) is 0 Å². The minimum absolute atomic E-state index is 0. The quantitative estimate of drug-likeness (QED) is 0.237. The minimum Gasteiger partial charge on any atom is -1.00 e. The van der Waals surface area contributed by atoms with E-state index in [-0.39, 0.29) is 28.5 Å². The molecule has 0 aromatic carbocycles. The first kappa shape index (κ1) is 36.9. The Kier molecular flexibility index (Phi) is 21.5.